The van der Waals surface area contributed by atoms with Crippen LogP contribution in [0.3, 0.4) is 0 Å². The molecule has 3 aromatic heterocycles. The first kappa shape index (κ1) is 24.5. The molecule has 0 aliphatic carbocycles. The van der Waals surface area contributed by atoms with Crippen LogP contribution in [0.4, 0.5) is 0 Å². The molecule has 35 heavy (non-hydrogen) atoms. The fourth-order valence-corrected chi connectivity index (χ4v) is 4.12. The van der Waals surface area contributed by atoms with E-state index in [0.29, 0.717) is 36.5 Å². The average Bonchev–Trinajstić information content (AvgIpc) is 2.86. The topological polar surface area (TPSA) is 112 Å². The summed E-state index contributed by atoms with van der Waals surface area (Å²) in [7, 11) is 1.47. The molecule has 0 bridgehead atoms. The Balaban J connectivity index is 1.80. The number of aromatic nitrogens is 5. The highest BCUT2D eigenvalue weighted by molar-refractivity contribution is 5.87. The molecule has 0 saturated heterocycles. The van der Waals surface area contributed by atoms with Gasteiger partial charge in [0.05, 0.1) is 11.9 Å². The van der Waals surface area contributed by atoms with Gasteiger partial charge in [0.15, 0.2) is 11.2 Å². The third-order valence-corrected chi connectivity index (χ3v) is 5.93. The van der Waals surface area contributed by atoms with E-state index in [1.807, 2.05) is 38.1 Å². The smallest absolute Gasteiger partial charge is 0.332 e. The number of nitrogens with zero attached hydrogens (tertiary/aromatic N) is 5. The number of hydrogen-bond acceptors (Lipinski definition) is 7. The molecular formula is C26H31N5O4. The lowest BCUT2D eigenvalue weighted by Gasteiger charge is -2.16. The standard InChI is InChI=1S/C26H31N5O4/c1-17(2)15-31-24-23(25(33)30(3)26(31)34)28-20(11-5-4-8-12-32)21(29-24)16-35-22-14-27-13-18-9-6-7-10-19(18)22/h6-7,9-10,13-14,17,32H,4-5,8,11-12,15-16H2,1-3H3. The van der Waals surface area contributed by atoms with Crippen LogP contribution in [0.2, 0.25) is 0 Å². The quantitative estimate of drug-likeness (QED) is 0.350. The number of rotatable bonds is 10. The molecule has 1 aromatic carbocycles. The Morgan fingerprint density at radius 3 is 2.60 bits per heavy atom. The summed E-state index contributed by atoms with van der Waals surface area (Å²) in [4.78, 5) is 39.6. The largest absolute Gasteiger partial charge is 0.485 e. The molecule has 3 heterocycles. The van der Waals surface area contributed by atoms with Crippen molar-refractivity contribution in [3.63, 3.8) is 0 Å². The van der Waals surface area contributed by atoms with Crippen molar-refractivity contribution in [2.24, 2.45) is 13.0 Å². The second kappa shape index (κ2) is 10.8. The minimum absolute atomic E-state index is 0.124. The Kier molecular flexibility index (Phi) is 7.55. The van der Waals surface area contributed by atoms with Gasteiger partial charge in [-0.2, -0.15) is 0 Å². The van der Waals surface area contributed by atoms with Crippen molar-refractivity contribution < 1.29 is 9.84 Å². The van der Waals surface area contributed by atoms with E-state index in [9.17, 15) is 9.59 Å². The van der Waals surface area contributed by atoms with Crippen LogP contribution >= 0.6 is 0 Å². The number of benzene rings is 1. The minimum atomic E-state index is -0.458. The molecule has 9 heteroatoms. The summed E-state index contributed by atoms with van der Waals surface area (Å²) in [6, 6.07) is 7.83. The highest BCUT2D eigenvalue weighted by Gasteiger charge is 2.19. The first-order valence-corrected chi connectivity index (χ1v) is 12.0. The molecule has 1 N–H and O–H groups in total. The van der Waals surface area contributed by atoms with E-state index in [4.69, 9.17) is 19.8 Å². The van der Waals surface area contributed by atoms with E-state index in [1.54, 1.807) is 12.4 Å². The van der Waals surface area contributed by atoms with Crippen molar-refractivity contribution in [1.29, 1.82) is 0 Å². The molecule has 0 saturated carbocycles. The van der Waals surface area contributed by atoms with E-state index in [2.05, 4.69) is 4.98 Å². The third-order valence-electron chi connectivity index (χ3n) is 5.93. The monoisotopic (exact) mass is 477 g/mol. The number of unbranched alkanes of at least 4 members (excludes halogenated alkanes) is 2. The Morgan fingerprint density at radius 2 is 1.83 bits per heavy atom. The fourth-order valence-electron chi connectivity index (χ4n) is 4.12. The number of aliphatic hydroxyl groups is 1. The van der Waals surface area contributed by atoms with Gasteiger partial charge in [-0.15, -0.1) is 0 Å². The molecule has 0 radical (unpaired) electrons. The van der Waals surface area contributed by atoms with Crippen molar-refractivity contribution >= 4 is 21.9 Å². The van der Waals surface area contributed by atoms with Gasteiger partial charge in [0, 0.05) is 37.2 Å². The predicted molar refractivity (Wildman–Crippen MR) is 135 cm³/mol. The van der Waals surface area contributed by atoms with Crippen LogP contribution < -0.4 is 16.0 Å². The molecule has 4 aromatic rings. The maximum atomic E-state index is 12.9. The van der Waals surface area contributed by atoms with Gasteiger partial charge >= 0.3 is 5.69 Å². The van der Waals surface area contributed by atoms with Crippen LogP contribution in [-0.2, 0) is 26.6 Å². The van der Waals surface area contributed by atoms with Crippen molar-refractivity contribution in [3.05, 3.63) is 68.9 Å². The molecule has 0 spiro atoms. The lowest BCUT2D eigenvalue weighted by molar-refractivity contribution is 0.282. The molecule has 0 fully saturated rings. The average molecular weight is 478 g/mol. The SMILES string of the molecule is CC(C)Cn1c(=O)n(C)c(=O)c2nc(CCCCCO)c(COc3cncc4ccccc34)nc21. The van der Waals surface area contributed by atoms with Gasteiger partial charge in [-0.25, -0.2) is 14.8 Å². The maximum absolute atomic E-state index is 12.9. The number of pyridine rings is 1. The van der Waals surface area contributed by atoms with Gasteiger partial charge < -0.3 is 9.84 Å². The normalized spacial score (nSPS) is 11.6. The first-order chi connectivity index (χ1) is 16.9. The lowest BCUT2D eigenvalue weighted by Crippen LogP contribution is -2.40. The van der Waals surface area contributed by atoms with Crippen LogP contribution in [0.15, 0.2) is 46.2 Å². The summed E-state index contributed by atoms with van der Waals surface area (Å²) in [5, 5.41) is 11.0. The van der Waals surface area contributed by atoms with Gasteiger partial charge in [-0.05, 0) is 25.2 Å². The molecule has 0 amide bonds. The zero-order chi connectivity index (χ0) is 24.9. The molecule has 4 rings (SSSR count). The van der Waals surface area contributed by atoms with Crippen LogP contribution in [0.1, 0.15) is 44.5 Å². The number of ether oxygens (including phenoxy) is 1. The van der Waals surface area contributed by atoms with E-state index in [-0.39, 0.29) is 30.3 Å². The lowest BCUT2D eigenvalue weighted by atomic mass is 10.1. The van der Waals surface area contributed by atoms with E-state index in [0.717, 1.165) is 28.2 Å². The van der Waals surface area contributed by atoms with Gasteiger partial charge in [0.2, 0.25) is 0 Å². The first-order valence-electron chi connectivity index (χ1n) is 12.0. The zero-order valence-corrected chi connectivity index (χ0v) is 20.4. The second-order valence-corrected chi connectivity index (χ2v) is 9.12. The van der Waals surface area contributed by atoms with Crippen LogP contribution in [-0.4, -0.2) is 35.8 Å². The van der Waals surface area contributed by atoms with Gasteiger partial charge in [0.25, 0.3) is 5.56 Å². The summed E-state index contributed by atoms with van der Waals surface area (Å²) in [6.07, 6.45) is 6.35. The molecule has 0 aliphatic rings. The molecule has 0 unspecified atom stereocenters. The highest BCUT2D eigenvalue weighted by atomic mass is 16.5. The summed E-state index contributed by atoms with van der Waals surface area (Å²) in [6.45, 7) is 4.68. The van der Waals surface area contributed by atoms with Crippen LogP contribution in [0.25, 0.3) is 21.9 Å². The summed E-state index contributed by atoms with van der Waals surface area (Å²) < 4.78 is 8.76. The molecule has 184 valence electrons. The Hall–Kier alpha value is -3.59. The summed E-state index contributed by atoms with van der Waals surface area (Å²) in [5.74, 6) is 0.801. The molecule has 0 atom stereocenters. The van der Waals surface area contributed by atoms with Crippen molar-refractivity contribution in [3.8, 4) is 5.75 Å². The Morgan fingerprint density at radius 1 is 1.03 bits per heavy atom. The number of aliphatic hydroxyl groups excluding tert-OH is 1. The van der Waals surface area contributed by atoms with Crippen LogP contribution in [0, 0.1) is 5.92 Å². The highest BCUT2D eigenvalue weighted by Crippen LogP contribution is 2.25. The Labute approximate surface area is 203 Å². The van der Waals surface area contributed by atoms with Crippen molar-refractivity contribution in [2.45, 2.75) is 52.7 Å². The maximum Gasteiger partial charge on any atom is 0.332 e. The van der Waals surface area contributed by atoms with E-state index in [1.165, 1.54) is 11.6 Å². The van der Waals surface area contributed by atoms with E-state index < -0.39 is 11.2 Å². The van der Waals surface area contributed by atoms with Gasteiger partial charge in [-0.1, -0.05) is 44.5 Å². The summed E-state index contributed by atoms with van der Waals surface area (Å²) in [5.41, 5.74) is 0.835. The predicted octanol–water partition coefficient (Wildman–Crippen LogP) is 2.98. The van der Waals surface area contributed by atoms with Gasteiger partial charge in [0.1, 0.15) is 18.1 Å². The van der Waals surface area contributed by atoms with Gasteiger partial charge in [-0.3, -0.25) is 18.9 Å². The Bertz CT molecular complexity index is 1450. The second-order valence-electron chi connectivity index (χ2n) is 9.12. The fraction of sp³-hybridized carbons (Fsp3) is 0.423. The van der Waals surface area contributed by atoms with Crippen molar-refractivity contribution in [1.82, 2.24) is 24.1 Å². The number of aryl methyl sites for hydroxylation is 1. The number of hydrogen-bond donors (Lipinski definition) is 1. The third kappa shape index (κ3) is 5.24. The van der Waals surface area contributed by atoms with Crippen molar-refractivity contribution in [2.75, 3.05) is 6.61 Å². The van der Waals surface area contributed by atoms with Crippen LogP contribution in [0.5, 0.6) is 5.75 Å². The summed E-state index contributed by atoms with van der Waals surface area (Å²) >= 11 is 0. The van der Waals surface area contributed by atoms with E-state index >= 15 is 0 Å². The number of fused-ring (bicyclic) bond motifs is 2. The molecule has 0 aliphatic heterocycles. The minimum Gasteiger partial charge on any atom is -0.485 e. The molecular weight excluding hydrogens is 446 g/mol. The molecule has 9 nitrogen and oxygen atoms in total. The zero-order valence-electron chi connectivity index (χ0n) is 20.4.